The third-order valence-electron chi connectivity index (χ3n) is 3.63. The number of rotatable bonds is 7. The fourth-order valence-electron chi connectivity index (χ4n) is 2.33. The van der Waals surface area contributed by atoms with Crippen molar-refractivity contribution >= 4 is 18.1 Å². The minimum atomic E-state index is -0.122. The summed E-state index contributed by atoms with van der Waals surface area (Å²) in [6.07, 6.45) is 1.65. The molecule has 0 unspecified atom stereocenters. The van der Waals surface area contributed by atoms with E-state index in [1.165, 1.54) is 0 Å². The standard InChI is InChI=1S/C16H22N4OS/c1-3-19(4-2)11-10-17-15(21)14-12-18-16(22)20(14)13-8-6-5-7-9-13/h5-9,12H,3-4,10-11H2,1-2H3,(H,17,21)(H,18,22). The van der Waals surface area contributed by atoms with Gasteiger partial charge in [0.1, 0.15) is 5.69 Å². The maximum Gasteiger partial charge on any atom is 0.269 e. The lowest BCUT2D eigenvalue weighted by atomic mass is 10.3. The first kappa shape index (κ1) is 16.5. The number of aromatic amines is 1. The molecule has 0 fully saturated rings. The predicted octanol–water partition coefficient (Wildman–Crippen LogP) is 2.61. The predicted molar refractivity (Wildman–Crippen MR) is 91.1 cm³/mol. The van der Waals surface area contributed by atoms with Gasteiger partial charge in [0.2, 0.25) is 0 Å². The van der Waals surface area contributed by atoms with Gasteiger partial charge in [-0.05, 0) is 37.4 Å². The molecule has 22 heavy (non-hydrogen) atoms. The van der Waals surface area contributed by atoms with Crippen LogP contribution < -0.4 is 5.32 Å². The number of benzene rings is 1. The molecule has 0 aliphatic heterocycles. The third-order valence-corrected chi connectivity index (χ3v) is 3.93. The number of amides is 1. The van der Waals surface area contributed by atoms with Gasteiger partial charge in [-0.15, -0.1) is 0 Å². The molecule has 1 aromatic heterocycles. The lowest BCUT2D eigenvalue weighted by Crippen LogP contribution is -2.35. The summed E-state index contributed by atoms with van der Waals surface area (Å²) >= 11 is 5.28. The molecule has 1 heterocycles. The van der Waals surface area contributed by atoms with Gasteiger partial charge in [0.15, 0.2) is 4.77 Å². The van der Waals surface area contributed by atoms with E-state index in [0.717, 1.165) is 25.3 Å². The quantitative estimate of drug-likeness (QED) is 0.772. The molecule has 0 aliphatic rings. The monoisotopic (exact) mass is 318 g/mol. The van der Waals surface area contributed by atoms with E-state index in [1.807, 2.05) is 30.3 Å². The summed E-state index contributed by atoms with van der Waals surface area (Å²) in [5, 5.41) is 2.95. The van der Waals surface area contributed by atoms with E-state index in [0.29, 0.717) is 17.0 Å². The second-order valence-electron chi connectivity index (χ2n) is 4.93. The zero-order valence-electron chi connectivity index (χ0n) is 13.0. The van der Waals surface area contributed by atoms with Crippen LogP contribution in [-0.4, -0.2) is 46.5 Å². The molecule has 5 nitrogen and oxygen atoms in total. The second-order valence-corrected chi connectivity index (χ2v) is 5.32. The van der Waals surface area contributed by atoms with E-state index in [1.54, 1.807) is 10.8 Å². The van der Waals surface area contributed by atoms with E-state index in [2.05, 4.69) is 29.0 Å². The Morgan fingerprint density at radius 3 is 2.59 bits per heavy atom. The summed E-state index contributed by atoms with van der Waals surface area (Å²) in [6.45, 7) is 7.66. The van der Waals surface area contributed by atoms with E-state index >= 15 is 0 Å². The summed E-state index contributed by atoms with van der Waals surface area (Å²) in [5.41, 5.74) is 1.40. The largest absolute Gasteiger partial charge is 0.349 e. The highest BCUT2D eigenvalue weighted by Gasteiger charge is 2.14. The molecule has 2 aromatic rings. The van der Waals surface area contributed by atoms with Gasteiger partial charge in [-0.3, -0.25) is 9.36 Å². The van der Waals surface area contributed by atoms with E-state index in [9.17, 15) is 4.79 Å². The third kappa shape index (κ3) is 3.84. The van der Waals surface area contributed by atoms with Crippen LogP contribution in [0, 0.1) is 4.77 Å². The number of imidazole rings is 1. The fourth-order valence-corrected chi connectivity index (χ4v) is 2.59. The van der Waals surface area contributed by atoms with Crippen LogP contribution in [0.5, 0.6) is 0 Å². The topological polar surface area (TPSA) is 53.1 Å². The number of H-pyrrole nitrogens is 1. The Morgan fingerprint density at radius 1 is 1.27 bits per heavy atom. The molecule has 118 valence electrons. The lowest BCUT2D eigenvalue weighted by Gasteiger charge is -2.18. The molecule has 2 N–H and O–H groups in total. The molecule has 1 aromatic carbocycles. The van der Waals surface area contributed by atoms with Crippen LogP contribution in [0.3, 0.4) is 0 Å². The highest BCUT2D eigenvalue weighted by molar-refractivity contribution is 7.71. The Labute approximate surface area is 136 Å². The molecule has 6 heteroatoms. The van der Waals surface area contributed by atoms with Gasteiger partial charge < -0.3 is 15.2 Å². The van der Waals surface area contributed by atoms with Crippen molar-refractivity contribution in [2.24, 2.45) is 0 Å². The van der Waals surface area contributed by atoms with Crippen molar-refractivity contribution in [3.05, 3.63) is 47.0 Å². The molecular formula is C16H22N4OS. The number of carbonyl (C=O) groups excluding carboxylic acids is 1. The number of nitrogens with one attached hydrogen (secondary N) is 2. The Morgan fingerprint density at radius 2 is 1.95 bits per heavy atom. The van der Waals surface area contributed by atoms with Crippen molar-refractivity contribution in [2.75, 3.05) is 26.2 Å². The van der Waals surface area contributed by atoms with Crippen molar-refractivity contribution in [1.82, 2.24) is 19.8 Å². The van der Waals surface area contributed by atoms with Crippen LogP contribution >= 0.6 is 12.2 Å². The molecule has 0 saturated carbocycles. The summed E-state index contributed by atoms with van der Waals surface area (Å²) in [4.78, 5) is 17.6. The molecule has 0 bridgehead atoms. The Kier molecular flexibility index (Phi) is 5.91. The highest BCUT2D eigenvalue weighted by Crippen LogP contribution is 2.12. The van der Waals surface area contributed by atoms with Crippen molar-refractivity contribution in [3.63, 3.8) is 0 Å². The highest BCUT2D eigenvalue weighted by atomic mass is 32.1. The maximum atomic E-state index is 12.4. The summed E-state index contributed by atoms with van der Waals surface area (Å²) < 4.78 is 2.27. The first-order valence-corrected chi connectivity index (χ1v) is 7.94. The van der Waals surface area contributed by atoms with Crippen LogP contribution in [0.4, 0.5) is 0 Å². The number of likely N-dealkylation sites (N-methyl/N-ethyl adjacent to an activating group) is 1. The molecular weight excluding hydrogens is 296 g/mol. The van der Waals surface area contributed by atoms with Crippen molar-refractivity contribution in [2.45, 2.75) is 13.8 Å². The van der Waals surface area contributed by atoms with Gasteiger partial charge >= 0.3 is 0 Å². The van der Waals surface area contributed by atoms with Gasteiger partial charge in [-0.25, -0.2) is 0 Å². The number of aromatic nitrogens is 2. The first-order chi connectivity index (χ1) is 10.7. The van der Waals surface area contributed by atoms with Crippen LogP contribution in [0.2, 0.25) is 0 Å². The van der Waals surface area contributed by atoms with Crippen molar-refractivity contribution in [3.8, 4) is 5.69 Å². The molecule has 0 radical (unpaired) electrons. The first-order valence-electron chi connectivity index (χ1n) is 7.53. The Bertz CT molecular complexity index is 658. The van der Waals surface area contributed by atoms with E-state index < -0.39 is 0 Å². The second kappa shape index (κ2) is 7.91. The number of nitrogens with zero attached hydrogens (tertiary/aromatic N) is 2. The number of para-hydroxylation sites is 1. The normalized spacial score (nSPS) is 10.9. The van der Waals surface area contributed by atoms with Gasteiger partial charge in [-0.1, -0.05) is 32.0 Å². The fraction of sp³-hybridized carbons (Fsp3) is 0.375. The van der Waals surface area contributed by atoms with E-state index in [-0.39, 0.29) is 5.91 Å². The zero-order valence-corrected chi connectivity index (χ0v) is 13.8. The number of hydrogen-bond acceptors (Lipinski definition) is 3. The molecule has 0 atom stereocenters. The van der Waals surface area contributed by atoms with Gasteiger partial charge in [0.25, 0.3) is 5.91 Å². The maximum absolute atomic E-state index is 12.4. The Balaban J connectivity index is 2.10. The van der Waals surface area contributed by atoms with Crippen molar-refractivity contribution in [1.29, 1.82) is 0 Å². The minimum Gasteiger partial charge on any atom is -0.349 e. The average Bonchev–Trinajstić information content (AvgIpc) is 2.94. The van der Waals surface area contributed by atoms with Crippen LogP contribution in [-0.2, 0) is 0 Å². The molecule has 2 rings (SSSR count). The molecule has 0 spiro atoms. The van der Waals surface area contributed by atoms with Gasteiger partial charge in [0.05, 0.1) is 0 Å². The molecule has 0 aliphatic carbocycles. The summed E-state index contributed by atoms with van der Waals surface area (Å²) in [7, 11) is 0. The lowest BCUT2D eigenvalue weighted by molar-refractivity contribution is 0.0942. The minimum absolute atomic E-state index is 0.122. The van der Waals surface area contributed by atoms with Crippen LogP contribution in [0.1, 0.15) is 24.3 Å². The van der Waals surface area contributed by atoms with Crippen LogP contribution in [0.25, 0.3) is 5.69 Å². The number of carbonyl (C=O) groups is 1. The van der Waals surface area contributed by atoms with Crippen LogP contribution in [0.15, 0.2) is 36.5 Å². The van der Waals surface area contributed by atoms with Gasteiger partial charge in [-0.2, -0.15) is 0 Å². The molecule has 1 amide bonds. The average molecular weight is 318 g/mol. The Hall–Kier alpha value is -1.92. The summed E-state index contributed by atoms with van der Waals surface area (Å²) in [5.74, 6) is -0.122. The molecule has 0 saturated heterocycles. The number of hydrogen-bond donors (Lipinski definition) is 2. The smallest absolute Gasteiger partial charge is 0.269 e. The SMILES string of the molecule is CCN(CC)CCNC(=O)c1c[nH]c(=S)n1-c1ccccc1. The van der Waals surface area contributed by atoms with E-state index in [4.69, 9.17) is 12.2 Å². The van der Waals surface area contributed by atoms with Gasteiger partial charge in [0, 0.05) is 25.0 Å². The zero-order chi connectivity index (χ0) is 15.9. The summed E-state index contributed by atoms with van der Waals surface area (Å²) in [6, 6.07) is 9.63. The van der Waals surface area contributed by atoms with Crippen molar-refractivity contribution < 1.29 is 4.79 Å².